The molecule has 0 aliphatic carbocycles. The minimum Gasteiger partial charge on any atom is -0.357 e. The highest BCUT2D eigenvalue weighted by Gasteiger charge is 2.23. The second-order valence-corrected chi connectivity index (χ2v) is 3.41. The second kappa shape index (κ2) is 2.86. The van der Waals surface area contributed by atoms with E-state index in [4.69, 9.17) is 4.74 Å². The third-order valence-electron chi connectivity index (χ3n) is 2.11. The molecule has 0 saturated carbocycles. The van der Waals surface area contributed by atoms with E-state index in [1.165, 1.54) is 0 Å². The Kier molecular flexibility index (Phi) is 1.84. The summed E-state index contributed by atoms with van der Waals surface area (Å²) in [4.78, 5) is 0. The van der Waals surface area contributed by atoms with Crippen LogP contribution >= 0.6 is 0 Å². The third kappa shape index (κ3) is 1.12. The first-order chi connectivity index (χ1) is 5.79. The number of nitrogens with zero attached hydrogens (tertiary/aromatic N) is 3. The molecule has 0 bridgehead atoms. The Morgan fingerprint density at radius 3 is 3.25 bits per heavy atom. The maximum Gasteiger partial charge on any atom is 0.138 e. The van der Waals surface area contributed by atoms with Crippen LogP contribution in [0.5, 0.6) is 0 Å². The highest BCUT2D eigenvalue weighted by atomic mass is 16.5. The van der Waals surface area contributed by atoms with Crippen molar-refractivity contribution in [2.75, 3.05) is 6.61 Å². The maximum atomic E-state index is 5.61. The van der Waals surface area contributed by atoms with Crippen molar-refractivity contribution in [3.05, 3.63) is 12.2 Å². The predicted octanol–water partition coefficient (Wildman–Crippen LogP) is 1.01. The van der Waals surface area contributed by atoms with Gasteiger partial charge >= 0.3 is 0 Å². The molecule has 0 N–H and O–H groups in total. The van der Waals surface area contributed by atoms with Crippen molar-refractivity contribution in [1.82, 2.24) is 14.8 Å². The summed E-state index contributed by atoms with van der Waals surface area (Å²) < 4.78 is 7.63. The van der Waals surface area contributed by atoms with Gasteiger partial charge in [-0.3, -0.25) is 4.57 Å². The van der Waals surface area contributed by atoms with E-state index in [0.29, 0.717) is 5.92 Å². The van der Waals surface area contributed by atoms with Crippen molar-refractivity contribution in [2.45, 2.75) is 26.5 Å². The summed E-state index contributed by atoms with van der Waals surface area (Å²) >= 11 is 0. The third-order valence-corrected chi connectivity index (χ3v) is 2.11. The normalized spacial score (nSPS) is 22.8. The van der Waals surface area contributed by atoms with E-state index in [-0.39, 0.29) is 6.23 Å². The van der Waals surface area contributed by atoms with Gasteiger partial charge in [-0.1, -0.05) is 13.8 Å². The molecule has 1 aliphatic rings. The molecule has 12 heavy (non-hydrogen) atoms. The molecule has 66 valence electrons. The molecular weight excluding hydrogens is 154 g/mol. The van der Waals surface area contributed by atoms with Gasteiger partial charge in [-0.2, -0.15) is 0 Å². The van der Waals surface area contributed by atoms with Crippen LogP contribution in [0.3, 0.4) is 0 Å². The van der Waals surface area contributed by atoms with Gasteiger partial charge in [0.1, 0.15) is 18.4 Å². The fraction of sp³-hybridized carbons (Fsp3) is 0.750. The molecule has 0 saturated heterocycles. The van der Waals surface area contributed by atoms with Gasteiger partial charge in [-0.15, -0.1) is 10.2 Å². The summed E-state index contributed by atoms with van der Waals surface area (Å²) in [6, 6.07) is 0. The van der Waals surface area contributed by atoms with Crippen LogP contribution in [0, 0.1) is 5.92 Å². The Morgan fingerprint density at radius 1 is 1.67 bits per heavy atom. The van der Waals surface area contributed by atoms with Crippen LogP contribution in [-0.2, 0) is 11.2 Å². The molecule has 2 heterocycles. The molecule has 2 rings (SSSR count). The lowest BCUT2D eigenvalue weighted by molar-refractivity contribution is -0.0473. The van der Waals surface area contributed by atoms with Crippen molar-refractivity contribution in [3.8, 4) is 0 Å². The zero-order chi connectivity index (χ0) is 8.55. The molecule has 0 amide bonds. The summed E-state index contributed by atoms with van der Waals surface area (Å²) in [6.07, 6.45) is 2.76. The Hall–Kier alpha value is -0.900. The largest absolute Gasteiger partial charge is 0.357 e. The molecule has 4 heteroatoms. The van der Waals surface area contributed by atoms with Gasteiger partial charge < -0.3 is 4.74 Å². The van der Waals surface area contributed by atoms with Gasteiger partial charge in [0.2, 0.25) is 0 Å². The number of rotatable bonds is 1. The van der Waals surface area contributed by atoms with Crippen LogP contribution in [0.4, 0.5) is 0 Å². The van der Waals surface area contributed by atoms with E-state index in [9.17, 15) is 0 Å². The molecule has 0 fully saturated rings. The van der Waals surface area contributed by atoms with Crippen molar-refractivity contribution in [2.24, 2.45) is 5.92 Å². The first kappa shape index (κ1) is 7.73. The number of ether oxygens (including phenoxy) is 1. The molecule has 1 aromatic heterocycles. The fourth-order valence-electron chi connectivity index (χ4n) is 1.52. The van der Waals surface area contributed by atoms with Crippen LogP contribution in [0.15, 0.2) is 6.33 Å². The van der Waals surface area contributed by atoms with E-state index in [1.807, 2.05) is 4.57 Å². The average Bonchev–Trinajstić information content (AvgIpc) is 2.49. The van der Waals surface area contributed by atoms with Gasteiger partial charge in [-0.05, 0) is 5.92 Å². The summed E-state index contributed by atoms with van der Waals surface area (Å²) in [6.45, 7) is 5.04. The first-order valence-electron chi connectivity index (χ1n) is 4.29. The van der Waals surface area contributed by atoms with E-state index in [2.05, 4.69) is 24.0 Å². The molecule has 0 radical (unpaired) electrons. The van der Waals surface area contributed by atoms with Crippen LogP contribution < -0.4 is 0 Å². The Morgan fingerprint density at radius 2 is 2.50 bits per heavy atom. The number of hydrogen-bond acceptors (Lipinski definition) is 3. The topological polar surface area (TPSA) is 39.9 Å². The molecule has 1 aromatic rings. The summed E-state index contributed by atoms with van der Waals surface area (Å²) in [5, 5.41) is 7.89. The van der Waals surface area contributed by atoms with Crippen molar-refractivity contribution in [1.29, 1.82) is 0 Å². The van der Waals surface area contributed by atoms with E-state index in [0.717, 1.165) is 18.9 Å². The average molecular weight is 167 g/mol. The molecule has 1 aliphatic heterocycles. The highest BCUT2D eigenvalue weighted by Crippen LogP contribution is 2.23. The van der Waals surface area contributed by atoms with E-state index in [1.54, 1.807) is 6.33 Å². The standard InChI is InChI=1S/C8H13N3O/c1-6(2)8-11-5-9-10-7(11)3-4-12-8/h5-6,8H,3-4H2,1-2H3. The monoisotopic (exact) mass is 167 g/mol. The Balaban J connectivity index is 2.31. The predicted molar refractivity (Wildman–Crippen MR) is 43.6 cm³/mol. The van der Waals surface area contributed by atoms with E-state index >= 15 is 0 Å². The molecular formula is C8H13N3O. The van der Waals surface area contributed by atoms with Gasteiger partial charge in [-0.25, -0.2) is 0 Å². The SMILES string of the molecule is CC(C)C1OCCc2nncn21. The minimum absolute atomic E-state index is 0.128. The molecule has 1 atom stereocenters. The van der Waals surface area contributed by atoms with Gasteiger partial charge in [0.15, 0.2) is 0 Å². The smallest absolute Gasteiger partial charge is 0.138 e. The summed E-state index contributed by atoms with van der Waals surface area (Å²) in [5.74, 6) is 1.51. The van der Waals surface area contributed by atoms with Crippen molar-refractivity contribution < 1.29 is 4.74 Å². The second-order valence-electron chi connectivity index (χ2n) is 3.41. The lowest BCUT2D eigenvalue weighted by Crippen LogP contribution is -2.26. The van der Waals surface area contributed by atoms with Crippen molar-refractivity contribution in [3.63, 3.8) is 0 Å². The molecule has 1 unspecified atom stereocenters. The number of fused-ring (bicyclic) bond motifs is 1. The van der Waals surface area contributed by atoms with E-state index < -0.39 is 0 Å². The Bertz CT molecular complexity index is 269. The maximum absolute atomic E-state index is 5.61. The van der Waals surface area contributed by atoms with Gasteiger partial charge in [0.05, 0.1) is 6.61 Å². The molecule has 0 aromatic carbocycles. The van der Waals surface area contributed by atoms with Crippen LogP contribution in [-0.4, -0.2) is 21.4 Å². The minimum atomic E-state index is 0.128. The molecule has 4 nitrogen and oxygen atoms in total. The quantitative estimate of drug-likeness (QED) is 0.626. The van der Waals surface area contributed by atoms with Gasteiger partial charge in [0, 0.05) is 6.42 Å². The molecule has 0 spiro atoms. The highest BCUT2D eigenvalue weighted by molar-refractivity contribution is 4.91. The van der Waals surface area contributed by atoms with Crippen LogP contribution in [0.1, 0.15) is 25.9 Å². The lowest BCUT2D eigenvalue weighted by Gasteiger charge is -2.27. The summed E-state index contributed by atoms with van der Waals surface area (Å²) in [7, 11) is 0. The number of hydrogen-bond donors (Lipinski definition) is 0. The first-order valence-corrected chi connectivity index (χ1v) is 4.29. The van der Waals surface area contributed by atoms with Crippen LogP contribution in [0.2, 0.25) is 0 Å². The zero-order valence-electron chi connectivity index (χ0n) is 7.40. The zero-order valence-corrected chi connectivity index (χ0v) is 7.40. The summed E-state index contributed by atoms with van der Waals surface area (Å²) in [5.41, 5.74) is 0. The van der Waals surface area contributed by atoms with Crippen LogP contribution in [0.25, 0.3) is 0 Å². The number of aromatic nitrogens is 3. The Labute approximate surface area is 71.6 Å². The lowest BCUT2D eigenvalue weighted by atomic mass is 10.1. The fourth-order valence-corrected chi connectivity index (χ4v) is 1.52. The van der Waals surface area contributed by atoms with Crippen molar-refractivity contribution >= 4 is 0 Å². The van der Waals surface area contributed by atoms with Gasteiger partial charge in [0.25, 0.3) is 0 Å².